The fraction of sp³-hybridized carbons (Fsp3) is 0.579. The predicted octanol–water partition coefficient (Wildman–Crippen LogP) is 1.50. The van der Waals surface area contributed by atoms with Crippen molar-refractivity contribution in [1.82, 2.24) is 15.7 Å². The molecular weight excluding hydrogens is 318 g/mol. The number of nitrogens with one attached hydrogen (secondary N) is 2. The van der Waals surface area contributed by atoms with Crippen LogP contribution in [-0.4, -0.2) is 47.1 Å². The van der Waals surface area contributed by atoms with Crippen LogP contribution < -0.4 is 10.8 Å². The molecule has 2 aliphatic heterocycles. The Morgan fingerprint density at radius 2 is 1.88 bits per heavy atom. The van der Waals surface area contributed by atoms with Crippen LogP contribution in [0.3, 0.4) is 0 Å². The van der Waals surface area contributed by atoms with Crippen molar-refractivity contribution in [2.24, 2.45) is 0 Å². The highest BCUT2D eigenvalue weighted by atomic mass is 16.5. The maximum Gasteiger partial charge on any atom is 0.245 e. The first kappa shape index (κ1) is 17.9. The first-order chi connectivity index (χ1) is 11.9. The summed E-state index contributed by atoms with van der Waals surface area (Å²) in [6, 6.07) is 8.14. The Morgan fingerprint density at radius 1 is 1.24 bits per heavy atom. The van der Waals surface area contributed by atoms with E-state index < -0.39 is 16.9 Å². The van der Waals surface area contributed by atoms with Crippen molar-refractivity contribution in [3.05, 3.63) is 35.4 Å². The van der Waals surface area contributed by atoms with Crippen LogP contribution in [0.25, 0.3) is 0 Å². The summed E-state index contributed by atoms with van der Waals surface area (Å²) in [6.45, 7) is 6.21. The number of rotatable bonds is 4. The van der Waals surface area contributed by atoms with Gasteiger partial charge in [-0.25, -0.2) is 5.48 Å². The van der Waals surface area contributed by atoms with Gasteiger partial charge in [-0.15, -0.1) is 0 Å². The molecule has 0 radical (unpaired) electrons. The Balaban J connectivity index is 1.90. The molecule has 0 saturated carbocycles. The predicted molar refractivity (Wildman–Crippen MR) is 94.2 cm³/mol. The molecule has 3 rings (SSSR count). The van der Waals surface area contributed by atoms with E-state index in [1.54, 1.807) is 5.48 Å². The first-order valence-electron chi connectivity index (χ1n) is 8.94. The van der Waals surface area contributed by atoms with Gasteiger partial charge in [-0.1, -0.05) is 29.8 Å². The van der Waals surface area contributed by atoms with Gasteiger partial charge in [-0.05, 0) is 51.8 Å². The number of amides is 2. The van der Waals surface area contributed by atoms with E-state index in [-0.39, 0.29) is 12.3 Å². The lowest BCUT2D eigenvalue weighted by Gasteiger charge is -2.45. The topological polar surface area (TPSA) is 81.7 Å². The van der Waals surface area contributed by atoms with Crippen molar-refractivity contribution in [2.75, 3.05) is 19.6 Å². The number of benzene rings is 1. The Bertz CT molecular complexity index is 652. The normalized spacial score (nSPS) is 25.9. The largest absolute Gasteiger partial charge is 0.336 e. The molecule has 1 aromatic carbocycles. The van der Waals surface area contributed by atoms with E-state index in [1.165, 1.54) is 5.56 Å². The molecule has 2 amide bonds. The molecule has 1 atom stereocenters. The van der Waals surface area contributed by atoms with Crippen LogP contribution in [0.5, 0.6) is 0 Å². The molecule has 3 N–H and O–H groups in total. The Morgan fingerprint density at radius 3 is 2.48 bits per heavy atom. The van der Waals surface area contributed by atoms with Gasteiger partial charge in [0.2, 0.25) is 11.8 Å². The summed E-state index contributed by atoms with van der Waals surface area (Å²) in [5.74, 6) is -0.345. The third-order valence-electron chi connectivity index (χ3n) is 5.96. The highest BCUT2D eigenvalue weighted by Crippen LogP contribution is 2.42. The second-order valence-electron chi connectivity index (χ2n) is 7.59. The highest BCUT2D eigenvalue weighted by Gasteiger charge is 2.52. The highest BCUT2D eigenvalue weighted by molar-refractivity contribution is 5.91. The maximum atomic E-state index is 13.4. The number of hydroxylamine groups is 1. The van der Waals surface area contributed by atoms with Crippen molar-refractivity contribution in [3.8, 4) is 0 Å². The molecule has 0 aromatic heterocycles. The number of nitrogens with zero attached hydrogens (tertiary/aromatic N) is 1. The third kappa shape index (κ3) is 3.16. The van der Waals surface area contributed by atoms with Crippen LogP contribution in [0, 0.1) is 6.92 Å². The van der Waals surface area contributed by atoms with Crippen LogP contribution in [0.2, 0.25) is 0 Å². The quantitative estimate of drug-likeness (QED) is 0.571. The van der Waals surface area contributed by atoms with Crippen LogP contribution in [0.1, 0.15) is 43.7 Å². The molecule has 6 nitrogen and oxygen atoms in total. The van der Waals surface area contributed by atoms with Crippen LogP contribution in [-0.2, 0) is 15.0 Å². The molecule has 136 valence electrons. The Hall–Kier alpha value is -1.92. The maximum absolute atomic E-state index is 13.4. The Kier molecular flexibility index (Phi) is 4.84. The van der Waals surface area contributed by atoms with Gasteiger partial charge in [0.1, 0.15) is 0 Å². The lowest BCUT2D eigenvalue weighted by Crippen LogP contribution is -2.58. The van der Waals surface area contributed by atoms with Crippen molar-refractivity contribution in [3.63, 3.8) is 0 Å². The minimum atomic E-state index is -0.554. The fourth-order valence-electron chi connectivity index (χ4n) is 4.26. The Labute approximate surface area is 148 Å². The molecule has 25 heavy (non-hydrogen) atoms. The van der Waals surface area contributed by atoms with E-state index in [1.807, 2.05) is 43.0 Å². The van der Waals surface area contributed by atoms with Gasteiger partial charge in [0.15, 0.2) is 0 Å². The summed E-state index contributed by atoms with van der Waals surface area (Å²) < 4.78 is 0. The standard InChI is InChI=1S/C19H27N3O3/c1-14-3-5-15(6-4-14)18(2)9-12-22(17(18)24)19(13-16(23)21-25)7-10-20-11-8-19/h3-6,20,25H,7-13H2,1-2H3,(H,21,23). The SMILES string of the molecule is Cc1ccc(C2(C)CCN(C3(CC(=O)NO)CCNCC3)C2=O)cc1. The van der Waals surface area contributed by atoms with Gasteiger partial charge >= 0.3 is 0 Å². The molecular formula is C19H27N3O3. The average molecular weight is 345 g/mol. The van der Waals surface area contributed by atoms with Crippen molar-refractivity contribution in [2.45, 2.75) is 50.5 Å². The van der Waals surface area contributed by atoms with Gasteiger partial charge in [0.05, 0.1) is 17.4 Å². The molecule has 2 saturated heterocycles. The molecule has 2 fully saturated rings. The summed E-state index contributed by atoms with van der Waals surface area (Å²) >= 11 is 0. The number of likely N-dealkylation sites (tertiary alicyclic amines) is 1. The monoisotopic (exact) mass is 345 g/mol. The van der Waals surface area contributed by atoms with Crippen LogP contribution in [0.15, 0.2) is 24.3 Å². The van der Waals surface area contributed by atoms with E-state index in [4.69, 9.17) is 5.21 Å². The minimum absolute atomic E-state index is 0.0870. The van der Waals surface area contributed by atoms with Gasteiger partial charge in [-0.2, -0.15) is 0 Å². The third-order valence-corrected chi connectivity index (χ3v) is 5.96. The van der Waals surface area contributed by atoms with E-state index in [0.29, 0.717) is 6.54 Å². The number of piperidine rings is 1. The molecule has 2 aliphatic rings. The molecule has 1 unspecified atom stereocenters. The molecule has 2 heterocycles. The van der Waals surface area contributed by atoms with E-state index in [0.717, 1.165) is 37.9 Å². The van der Waals surface area contributed by atoms with Gasteiger partial charge in [0, 0.05) is 6.54 Å². The van der Waals surface area contributed by atoms with Crippen LogP contribution >= 0.6 is 0 Å². The van der Waals surface area contributed by atoms with Gasteiger partial charge < -0.3 is 10.2 Å². The molecule has 1 aromatic rings. The first-order valence-corrected chi connectivity index (χ1v) is 8.94. The number of carbonyl (C=O) groups is 2. The van der Waals surface area contributed by atoms with E-state index >= 15 is 0 Å². The number of hydrogen-bond donors (Lipinski definition) is 3. The van der Waals surface area contributed by atoms with Crippen molar-refractivity contribution < 1.29 is 14.8 Å². The van der Waals surface area contributed by atoms with Gasteiger partial charge in [0.25, 0.3) is 0 Å². The minimum Gasteiger partial charge on any atom is -0.336 e. The summed E-state index contributed by atoms with van der Waals surface area (Å²) in [5, 5.41) is 12.3. The lowest BCUT2D eigenvalue weighted by atomic mass is 9.79. The fourth-order valence-corrected chi connectivity index (χ4v) is 4.26. The zero-order valence-corrected chi connectivity index (χ0v) is 15.0. The summed E-state index contributed by atoms with van der Waals surface area (Å²) in [5.41, 5.74) is 2.87. The van der Waals surface area contributed by atoms with Gasteiger partial charge in [-0.3, -0.25) is 14.8 Å². The molecule has 0 bridgehead atoms. The summed E-state index contributed by atoms with van der Waals surface area (Å²) in [4.78, 5) is 27.2. The second kappa shape index (κ2) is 6.77. The zero-order valence-electron chi connectivity index (χ0n) is 15.0. The smallest absolute Gasteiger partial charge is 0.245 e. The summed E-state index contributed by atoms with van der Waals surface area (Å²) in [6.07, 6.45) is 2.32. The van der Waals surface area contributed by atoms with Crippen LogP contribution in [0.4, 0.5) is 0 Å². The lowest BCUT2D eigenvalue weighted by molar-refractivity contribution is -0.142. The zero-order chi connectivity index (χ0) is 18.1. The molecule has 6 heteroatoms. The van der Waals surface area contributed by atoms with Crippen molar-refractivity contribution in [1.29, 1.82) is 0 Å². The number of hydrogen-bond acceptors (Lipinski definition) is 4. The average Bonchev–Trinajstić information content (AvgIpc) is 2.93. The second-order valence-corrected chi connectivity index (χ2v) is 7.59. The van der Waals surface area contributed by atoms with E-state index in [9.17, 15) is 9.59 Å². The summed E-state index contributed by atoms with van der Waals surface area (Å²) in [7, 11) is 0. The van der Waals surface area contributed by atoms with E-state index in [2.05, 4.69) is 5.32 Å². The number of carbonyl (C=O) groups excluding carboxylic acids is 2. The number of aryl methyl sites for hydroxylation is 1. The molecule has 0 spiro atoms. The van der Waals surface area contributed by atoms with Crippen molar-refractivity contribution >= 4 is 11.8 Å². The molecule has 0 aliphatic carbocycles.